The van der Waals surface area contributed by atoms with Crippen LogP contribution >= 0.6 is 0 Å². The van der Waals surface area contributed by atoms with Crippen LogP contribution in [-0.4, -0.2) is 11.0 Å². The van der Waals surface area contributed by atoms with Crippen LogP contribution in [0.3, 0.4) is 0 Å². The highest BCUT2D eigenvalue weighted by atomic mass is 16.0. The molecule has 0 saturated heterocycles. The molecule has 4 saturated carbocycles. The number of hydrogen-bond acceptors (Lipinski definition) is 1. The fourth-order valence-corrected chi connectivity index (χ4v) is 5.52. The summed E-state index contributed by atoms with van der Waals surface area (Å²) in [6.07, 6.45) is 5.77. The van der Waals surface area contributed by atoms with Crippen molar-refractivity contribution in [2.75, 3.05) is 0 Å². The third-order valence-corrected chi connectivity index (χ3v) is 7.15. The molecule has 94 valence electrons. The van der Waals surface area contributed by atoms with Crippen molar-refractivity contribution >= 4 is 0 Å². The van der Waals surface area contributed by atoms with Crippen molar-refractivity contribution in [3.8, 4) is 0 Å². The van der Waals surface area contributed by atoms with Gasteiger partial charge in [0.15, 0.2) is 0 Å². The lowest BCUT2D eigenvalue weighted by Gasteiger charge is -2.70. The van der Waals surface area contributed by atoms with E-state index in [-0.39, 0.29) is 5.48 Å². The number of quaternary nitrogens is 1. The molecule has 4 aliphatic carbocycles. The molecule has 4 bridgehead atoms. The van der Waals surface area contributed by atoms with E-state index in [0.29, 0.717) is 16.4 Å². The number of rotatable bonds is 0. The zero-order valence-corrected chi connectivity index (χ0v) is 11.2. The lowest BCUT2D eigenvalue weighted by Crippen LogP contribution is -2.87. The molecule has 2 heteroatoms. The highest BCUT2D eigenvalue weighted by molar-refractivity contribution is 5.17. The van der Waals surface area contributed by atoms with E-state index in [9.17, 15) is 0 Å². The maximum Gasteiger partial charge on any atom is 0.101 e. The Kier molecular flexibility index (Phi) is 2.34. The average molecular weight is 225 g/mol. The molecule has 0 amide bonds. The first-order valence-corrected chi connectivity index (χ1v) is 6.65. The van der Waals surface area contributed by atoms with Gasteiger partial charge in [-0.1, -0.05) is 27.7 Å². The molecule has 0 aromatic rings. The molecule has 5 atom stereocenters. The van der Waals surface area contributed by atoms with Crippen LogP contribution in [-0.2, 0) is 0 Å². The summed E-state index contributed by atoms with van der Waals surface area (Å²) in [4.78, 5) is 0. The van der Waals surface area contributed by atoms with Crippen molar-refractivity contribution in [3.63, 3.8) is 0 Å². The van der Waals surface area contributed by atoms with Crippen molar-refractivity contribution in [3.05, 3.63) is 0 Å². The molecule has 4 N–H and O–H groups in total. The van der Waals surface area contributed by atoms with E-state index >= 15 is 0 Å². The fraction of sp³-hybridized carbons (Fsp3) is 1.00. The molecule has 0 aromatic heterocycles. The molecule has 2 nitrogen and oxygen atoms in total. The molecular weight excluding hydrogens is 198 g/mol. The first kappa shape index (κ1) is 12.4. The van der Waals surface area contributed by atoms with Gasteiger partial charge in [0.25, 0.3) is 0 Å². The van der Waals surface area contributed by atoms with E-state index < -0.39 is 0 Å². The van der Waals surface area contributed by atoms with Crippen molar-refractivity contribution in [2.24, 2.45) is 28.6 Å². The van der Waals surface area contributed by atoms with Gasteiger partial charge in [-0.15, -0.1) is 0 Å². The van der Waals surface area contributed by atoms with Crippen LogP contribution in [0.1, 0.15) is 53.4 Å². The zero-order valence-electron chi connectivity index (χ0n) is 11.2. The molecule has 16 heavy (non-hydrogen) atoms. The molecule has 0 aromatic carbocycles. The van der Waals surface area contributed by atoms with Gasteiger partial charge in [0.2, 0.25) is 0 Å². The second kappa shape index (κ2) is 3.02. The largest absolute Gasteiger partial charge is 0.870 e. The van der Waals surface area contributed by atoms with Gasteiger partial charge in [-0.2, -0.15) is 0 Å². The van der Waals surface area contributed by atoms with Crippen LogP contribution in [0.4, 0.5) is 0 Å². The van der Waals surface area contributed by atoms with Crippen molar-refractivity contribution in [2.45, 2.75) is 58.9 Å². The first-order chi connectivity index (χ1) is 6.80. The second-order valence-electron chi connectivity index (χ2n) is 7.59. The predicted octanol–water partition coefficient (Wildman–Crippen LogP) is 2.29. The molecule has 4 aliphatic rings. The van der Waals surface area contributed by atoms with Gasteiger partial charge in [0.1, 0.15) is 5.54 Å². The minimum Gasteiger partial charge on any atom is -0.870 e. The summed E-state index contributed by atoms with van der Waals surface area (Å²) in [6, 6.07) is 0. The highest BCUT2D eigenvalue weighted by Gasteiger charge is 2.69. The van der Waals surface area contributed by atoms with Gasteiger partial charge < -0.3 is 11.2 Å². The predicted molar refractivity (Wildman–Crippen MR) is 64.1 cm³/mol. The molecule has 4 fully saturated rings. The Morgan fingerprint density at radius 3 is 2.31 bits per heavy atom. The molecule has 4 rings (SSSR count). The quantitative estimate of drug-likeness (QED) is 0.675. The summed E-state index contributed by atoms with van der Waals surface area (Å²) in [5, 5.41) is 0. The molecule has 0 aliphatic heterocycles. The molecular formula is C14H27NO. The van der Waals surface area contributed by atoms with Gasteiger partial charge in [-0.05, 0) is 36.0 Å². The average Bonchev–Trinajstić information content (AvgIpc) is 2.11. The molecule has 0 spiro atoms. The van der Waals surface area contributed by atoms with Crippen LogP contribution < -0.4 is 5.73 Å². The van der Waals surface area contributed by atoms with Gasteiger partial charge in [0.05, 0.1) is 0 Å². The third kappa shape index (κ3) is 1.06. The van der Waals surface area contributed by atoms with Crippen molar-refractivity contribution < 1.29 is 11.2 Å². The standard InChI is InChI=1S/C14H25N.H2O/c1-9-11-5-10-6-13(9,4)12(2,3)14(15,7-10)8-11;/h9-11H,5-8,15H2,1-4H3;1H2. The van der Waals surface area contributed by atoms with Gasteiger partial charge in [-0.3, -0.25) is 0 Å². The van der Waals surface area contributed by atoms with Crippen molar-refractivity contribution in [1.29, 1.82) is 0 Å². The van der Waals surface area contributed by atoms with Crippen LogP contribution in [0.2, 0.25) is 0 Å². The Labute approximate surface area is 99.3 Å². The van der Waals surface area contributed by atoms with E-state index in [2.05, 4.69) is 33.4 Å². The number of hydrogen-bond donors (Lipinski definition) is 1. The van der Waals surface area contributed by atoms with Gasteiger partial charge in [0, 0.05) is 18.3 Å². The normalized spacial score (nSPS) is 57.2. The van der Waals surface area contributed by atoms with Crippen LogP contribution in [0.15, 0.2) is 0 Å². The third-order valence-electron chi connectivity index (χ3n) is 7.15. The Hall–Kier alpha value is -0.0800. The Balaban J connectivity index is 0.000000963. The minimum absolute atomic E-state index is 0. The van der Waals surface area contributed by atoms with Crippen molar-refractivity contribution in [1.82, 2.24) is 0 Å². The maximum absolute atomic E-state index is 4.66. The Morgan fingerprint density at radius 2 is 1.69 bits per heavy atom. The van der Waals surface area contributed by atoms with E-state index in [4.69, 9.17) is 0 Å². The highest BCUT2D eigenvalue weighted by Crippen LogP contribution is 2.70. The fourth-order valence-electron chi connectivity index (χ4n) is 5.52. The topological polar surface area (TPSA) is 57.6 Å². The summed E-state index contributed by atoms with van der Waals surface area (Å²) >= 11 is 0. The molecule has 0 radical (unpaired) electrons. The monoisotopic (exact) mass is 225 g/mol. The van der Waals surface area contributed by atoms with Crippen LogP contribution in [0.5, 0.6) is 0 Å². The van der Waals surface area contributed by atoms with E-state index in [1.807, 2.05) is 0 Å². The summed E-state index contributed by atoms with van der Waals surface area (Å²) < 4.78 is 0. The minimum atomic E-state index is 0. The van der Waals surface area contributed by atoms with E-state index in [1.54, 1.807) is 0 Å². The van der Waals surface area contributed by atoms with E-state index in [0.717, 1.165) is 17.8 Å². The Morgan fingerprint density at radius 1 is 1.06 bits per heavy atom. The van der Waals surface area contributed by atoms with Crippen LogP contribution in [0.25, 0.3) is 0 Å². The first-order valence-electron chi connectivity index (χ1n) is 6.65. The summed E-state index contributed by atoms with van der Waals surface area (Å²) in [6.45, 7) is 10.0. The summed E-state index contributed by atoms with van der Waals surface area (Å²) in [5.41, 5.74) is 6.04. The molecule has 0 heterocycles. The SMILES string of the molecule is CC1C2CC3CC([NH3+])(C2)C(C)(C)C1(C)C3.[OH-]. The smallest absolute Gasteiger partial charge is 0.101 e. The lowest BCUT2D eigenvalue weighted by molar-refractivity contribution is -0.547. The molecule has 5 unspecified atom stereocenters. The zero-order chi connectivity index (χ0) is 11.1. The lowest BCUT2D eigenvalue weighted by atomic mass is 9.35. The van der Waals surface area contributed by atoms with E-state index in [1.165, 1.54) is 25.7 Å². The van der Waals surface area contributed by atoms with Gasteiger partial charge in [-0.25, -0.2) is 0 Å². The Bertz CT molecular complexity index is 314. The summed E-state index contributed by atoms with van der Waals surface area (Å²) in [5.74, 6) is 2.89. The maximum atomic E-state index is 4.66. The second-order valence-corrected chi connectivity index (χ2v) is 7.59. The van der Waals surface area contributed by atoms with Crippen LogP contribution in [0, 0.1) is 28.6 Å². The summed E-state index contributed by atoms with van der Waals surface area (Å²) in [7, 11) is 0. The van der Waals surface area contributed by atoms with Gasteiger partial charge >= 0.3 is 0 Å².